The number of hydrogen-bond acceptors (Lipinski definition) is 3. The van der Waals surface area contributed by atoms with E-state index < -0.39 is 11.7 Å². The molecule has 0 radical (unpaired) electrons. The topological polar surface area (TPSA) is 72.5 Å². The van der Waals surface area contributed by atoms with Gasteiger partial charge in [0.15, 0.2) is 5.96 Å². The average molecular weight is 262 g/mol. The minimum atomic E-state index is -4.39. The van der Waals surface area contributed by atoms with Crippen molar-refractivity contribution in [2.24, 2.45) is 10.7 Å². The molecule has 0 unspecified atom stereocenters. The van der Waals surface area contributed by atoms with Crippen molar-refractivity contribution in [3.63, 3.8) is 0 Å². The van der Waals surface area contributed by atoms with Gasteiger partial charge >= 0.3 is 6.18 Å². The lowest BCUT2D eigenvalue weighted by Crippen LogP contribution is -2.34. The van der Waals surface area contributed by atoms with Crippen LogP contribution >= 0.6 is 0 Å². The van der Waals surface area contributed by atoms with Gasteiger partial charge in [0.2, 0.25) is 5.88 Å². The van der Waals surface area contributed by atoms with Crippen molar-refractivity contribution in [1.82, 2.24) is 10.3 Å². The predicted molar refractivity (Wildman–Crippen MR) is 60.3 cm³/mol. The third kappa shape index (κ3) is 4.48. The number of nitrogens with one attached hydrogen (secondary N) is 1. The first kappa shape index (κ1) is 14.1. The van der Waals surface area contributed by atoms with Crippen LogP contribution in [0.25, 0.3) is 0 Å². The molecular weight excluding hydrogens is 249 g/mol. The monoisotopic (exact) mass is 262 g/mol. The van der Waals surface area contributed by atoms with Gasteiger partial charge in [0.25, 0.3) is 0 Å². The van der Waals surface area contributed by atoms with Crippen molar-refractivity contribution in [3.8, 4) is 5.88 Å². The number of hydrogen-bond donors (Lipinski definition) is 2. The fourth-order valence-corrected chi connectivity index (χ4v) is 1.05. The van der Waals surface area contributed by atoms with Crippen LogP contribution < -0.4 is 15.8 Å². The predicted octanol–water partition coefficient (Wildman–Crippen LogP) is 1.01. The second-order valence-electron chi connectivity index (χ2n) is 3.27. The molecule has 0 amide bonds. The normalized spacial score (nSPS) is 12.3. The Balaban J connectivity index is 2.40. The van der Waals surface area contributed by atoms with E-state index in [4.69, 9.17) is 10.5 Å². The first-order valence-corrected chi connectivity index (χ1v) is 5.05. The molecule has 1 aromatic rings. The largest absolute Gasteiger partial charge is 0.476 e. The number of pyridine rings is 1. The number of guanidine groups is 1. The van der Waals surface area contributed by atoms with Crippen molar-refractivity contribution in [1.29, 1.82) is 0 Å². The Bertz CT molecular complexity index is 403. The Morgan fingerprint density at radius 1 is 1.50 bits per heavy atom. The Hall–Kier alpha value is -1.99. The highest BCUT2D eigenvalue weighted by molar-refractivity contribution is 5.77. The fourth-order valence-electron chi connectivity index (χ4n) is 1.05. The molecule has 0 saturated carbocycles. The third-order valence-corrected chi connectivity index (χ3v) is 1.96. The summed E-state index contributed by atoms with van der Waals surface area (Å²) in [6.07, 6.45) is -3.66. The maximum absolute atomic E-state index is 12.2. The Kier molecular flexibility index (Phi) is 4.75. The molecule has 18 heavy (non-hydrogen) atoms. The quantitative estimate of drug-likeness (QED) is 0.482. The van der Waals surface area contributed by atoms with Crippen LogP contribution in [-0.2, 0) is 6.18 Å². The van der Waals surface area contributed by atoms with Gasteiger partial charge in [-0.1, -0.05) is 0 Å². The minimum Gasteiger partial charge on any atom is -0.476 e. The molecule has 0 saturated heterocycles. The summed E-state index contributed by atoms with van der Waals surface area (Å²) in [7, 11) is 1.53. The summed E-state index contributed by atoms with van der Waals surface area (Å²) in [5.74, 6) is 0.385. The van der Waals surface area contributed by atoms with Crippen LogP contribution in [-0.4, -0.2) is 31.1 Å². The fraction of sp³-hybridized carbons (Fsp3) is 0.400. The summed E-state index contributed by atoms with van der Waals surface area (Å²) < 4.78 is 41.8. The maximum atomic E-state index is 12.2. The van der Waals surface area contributed by atoms with Gasteiger partial charge < -0.3 is 15.8 Å². The van der Waals surface area contributed by atoms with Gasteiger partial charge in [0.05, 0.1) is 12.1 Å². The number of rotatable bonds is 4. The molecule has 100 valence electrons. The van der Waals surface area contributed by atoms with Gasteiger partial charge in [-0.15, -0.1) is 0 Å². The van der Waals surface area contributed by atoms with Gasteiger partial charge in [-0.2, -0.15) is 13.2 Å². The van der Waals surface area contributed by atoms with Crippen LogP contribution in [0.5, 0.6) is 5.88 Å². The molecule has 0 bridgehead atoms. The summed E-state index contributed by atoms with van der Waals surface area (Å²) in [6.45, 7) is 0.598. The molecule has 0 aromatic carbocycles. The molecule has 0 aliphatic carbocycles. The number of aliphatic imine (C=N–C) groups is 1. The zero-order valence-electron chi connectivity index (χ0n) is 9.66. The lowest BCUT2D eigenvalue weighted by Gasteiger charge is -2.08. The standard InChI is InChI=1S/C10H13F3N4O/c1-15-9(14)16-4-5-18-8-3-2-7(6-17-8)10(11,12)13/h2-3,6H,4-5H2,1H3,(H3,14,15,16). The summed E-state index contributed by atoms with van der Waals surface area (Å²) >= 11 is 0. The number of nitrogens with two attached hydrogens (primary N) is 1. The van der Waals surface area contributed by atoms with Crippen molar-refractivity contribution < 1.29 is 17.9 Å². The number of ether oxygens (including phenoxy) is 1. The van der Waals surface area contributed by atoms with E-state index in [0.29, 0.717) is 6.54 Å². The lowest BCUT2D eigenvalue weighted by molar-refractivity contribution is -0.137. The Labute approximate surface area is 102 Å². The molecule has 0 atom stereocenters. The van der Waals surface area contributed by atoms with E-state index in [1.54, 1.807) is 0 Å². The minimum absolute atomic E-state index is 0.122. The summed E-state index contributed by atoms with van der Waals surface area (Å²) in [4.78, 5) is 7.21. The molecule has 0 fully saturated rings. The van der Waals surface area contributed by atoms with E-state index in [1.165, 1.54) is 13.1 Å². The van der Waals surface area contributed by atoms with Crippen LogP contribution in [0, 0.1) is 0 Å². The van der Waals surface area contributed by atoms with Gasteiger partial charge in [-0.25, -0.2) is 4.98 Å². The molecule has 0 aliphatic rings. The summed E-state index contributed by atoms with van der Waals surface area (Å²) in [5, 5.41) is 2.73. The molecule has 0 spiro atoms. The Morgan fingerprint density at radius 2 is 2.22 bits per heavy atom. The molecule has 1 aromatic heterocycles. The van der Waals surface area contributed by atoms with E-state index in [0.717, 1.165) is 12.3 Å². The van der Waals surface area contributed by atoms with Crippen molar-refractivity contribution >= 4 is 5.96 Å². The SMILES string of the molecule is CN=C(N)NCCOc1ccc(C(F)(F)F)cn1. The molecule has 8 heteroatoms. The molecule has 1 rings (SSSR count). The second-order valence-corrected chi connectivity index (χ2v) is 3.27. The number of halogens is 3. The van der Waals surface area contributed by atoms with Crippen LogP contribution in [0.3, 0.4) is 0 Å². The van der Waals surface area contributed by atoms with Gasteiger partial charge in [-0.3, -0.25) is 4.99 Å². The van der Waals surface area contributed by atoms with Crippen LogP contribution in [0.1, 0.15) is 5.56 Å². The van der Waals surface area contributed by atoms with Gasteiger partial charge in [0, 0.05) is 19.3 Å². The van der Waals surface area contributed by atoms with Gasteiger partial charge in [0.1, 0.15) is 6.61 Å². The zero-order valence-corrected chi connectivity index (χ0v) is 9.66. The Morgan fingerprint density at radius 3 is 2.72 bits per heavy atom. The lowest BCUT2D eigenvalue weighted by atomic mass is 10.3. The smallest absolute Gasteiger partial charge is 0.417 e. The van der Waals surface area contributed by atoms with E-state index in [9.17, 15) is 13.2 Å². The van der Waals surface area contributed by atoms with E-state index in [-0.39, 0.29) is 18.4 Å². The first-order valence-electron chi connectivity index (χ1n) is 5.05. The average Bonchev–Trinajstić information content (AvgIpc) is 2.33. The van der Waals surface area contributed by atoms with Crippen LogP contribution in [0.15, 0.2) is 23.3 Å². The van der Waals surface area contributed by atoms with E-state index in [2.05, 4.69) is 15.3 Å². The van der Waals surface area contributed by atoms with Crippen molar-refractivity contribution in [3.05, 3.63) is 23.9 Å². The molecule has 5 nitrogen and oxygen atoms in total. The van der Waals surface area contributed by atoms with Gasteiger partial charge in [-0.05, 0) is 6.07 Å². The molecular formula is C10H13F3N4O. The van der Waals surface area contributed by atoms with Crippen LogP contribution in [0.4, 0.5) is 13.2 Å². The number of nitrogens with zero attached hydrogens (tertiary/aromatic N) is 2. The van der Waals surface area contributed by atoms with Crippen molar-refractivity contribution in [2.45, 2.75) is 6.18 Å². The number of aromatic nitrogens is 1. The maximum Gasteiger partial charge on any atom is 0.417 e. The van der Waals surface area contributed by atoms with E-state index >= 15 is 0 Å². The van der Waals surface area contributed by atoms with Crippen LogP contribution in [0.2, 0.25) is 0 Å². The zero-order chi connectivity index (χ0) is 13.6. The molecule has 3 N–H and O–H groups in total. The van der Waals surface area contributed by atoms with Crippen molar-refractivity contribution in [2.75, 3.05) is 20.2 Å². The highest BCUT2D eigenvalue weighted by Crippen LogP contribution is 2.29. The van der Waals surface area contributed by atoms with E-state index in [1.807, 2.05) is 0 Å². The summed E-state index contributed by atoms with van der Waals surface area (Å²) in [5.41, 5.74) is 4.55. The highest BCUT2D eigenvalue weighted by atomic mass is 19.4. The molecule has 1 heterocycles. The highest BCUT2D eigenvalue weighted by Gasteiger charge is 2.30. The number of alkyl halides is 3. The molecule has 0 aliphatic heterocycles. The third-order valence-electron chi connectivity index (χ3n) is 1.96. The summed E-state index contributed by atoms with van der Waals surface area (Å²) in [6, 6.07) is 2.08. The second kappa shape index (κ2) is 6.08. The first-order chi connectivity index (χ1) is 8.43.